The van der Waals surface area contributed by atoms with Crippen molar-refractivity contribution in [1.29, 1.82) is 0 Å². The SMILES string of the molecule is CCCOc1ccc(C=NNC(=O)Cc2cccn2C)cc1. The first kappa shape index (κ1) is 15.8. The summed E-state index contributed by atoms with van der Waals surface area (Å²) in [7, 11) is 1.91. The highest BCUT2D eigenvalue weighted by molar-refractivity contribution is 5.83. The zero-order valence-corrected chi connectivity index (χ0v) is 13.0. The number of aromatic nitrogens is 1. The first-order valence-corrected chi connectivity index (χ1v) is 7.34. The lowest BCUT2D eigenvalue weighted by Crippen LogP contribution is -2.20. The van der Waals surface area contributed by atoms with Gasteiger partial charge in [-0.25, -0.2) is 5.43 Å². The Morgan fingerprint density at radius 3 is 2.73 bits per heavy atom. The molecule has 0 saturated heterocycles. The van der Waals surface area contributed by atoms with E-state index in [1.165, 1.54) is 0 Å². The Kier molecular flexibility index (Phi) is 5.77. The van der Waals surface area contributed by atoms with Crippen LogP contribution in [0.1, 0.15) is 24.6 Å². The molecule has 0 radical (unpaired) electrons. The molecule has 1 amide bonds. The van der Waals surface area contributed by atoms with E-state index in [9.17, 15) is 4.79 Å². The van der Waals surface area contributed by atoms with E-state index >= 15 is 0 Å². The number of rotatable bonds is 7. The first-order chi connectivity index (χ1) is 10.7. The monoisotopic (exact) mass is 299 g/mol. The lowest BCUT2D eigenvalue weighted by Gasteiger charge is -2.04. The first-order valence-electron chi connectivity index (χ1n) is 7.34. The summed E-state index contributed by atoms with van der Waals surface area (Å²) in [6.45, 7) is 2.78. The van der Waals surface area contributed by atoms with Crippen molar-refractivity contribution in [2.24, 2.45) is 12.1 Å². The summed E-state index contributed by atoms with van der Waals surface area (Å²) in [4.78, 5) is 11.8. The molecule has 1 N–H and O–H groups in total. The van der Waals surface area contributed by atoms with Crippen LogP contribution in [0.2, 0.25) is 0 Å². The van der Waals surface area contributed by atoms with Crippen molar-refractivity contribution in [2.75, 3.05) is 6.61 Å². The van der Waals surface area contributed by atoms with Crippen LogP contribution >= 0.6 is 0 Å². The second-order valence-electron chi connectivity index (χ2n) is 5.00. The van der Waals surface area contributed by atoms with Crippen LogP contribution in [0.15, 0.2) is 47.7 Å². The van der Waals surface area contributed by atoms with Gasteiger partial charge in [0.25, 0.3) is 0 Å². The van der Waals surface area contributed by atoms with Gasteiger partial charge in [-0.3, -0.25) is 4.79 Å². The molecule has 116 valence electrons. The standard InChI is InChI=1S/C17H21N3O2/c1-3-11-22-16-8-6-14(7-9-16)13-18-19-17(21)12-15-5-4-10-20(15)2/h4-10,13H,3,11-12H2,1-2H3,(H,19,21). The highest BCUT2D eigenvalue weighted by Crippen LogP contribution is 2.11. The summed E-state index contributed by atoms with van der Waals surface area (Å²) >= 11 is 0. The molecule has 22 heavy (non-hydrogen) atoms. The molecule has 1 aromatic carbocycles. The molecule has 0 aliphatic carbocycles. The molecule has 0 atom stereocenters. The second-order valence-corrected chi connectivity index (χ2v) is 5.00. The fourth-order valence-corrected chi connectivity index (χ4v) is 1.93. The van der Waals surface area contributed by atoms with Gasteiger partial charge < -0.3 is 9.30 Å². The summed E-state index contributed by atoms with van der Waals surface area (Å²) in [5.41, 5.74) is 4.39. The molecule has 2 aromatic rings. The molecule has 0 aliphatic rings. The molecule has 5 heteroatoms. The molecule has 0 fully saturated rings. The number of hydrazone groups is 1. The van der Waals surface area contributed by atoms with E-state index in [-0.39, 0.29) is 5.91 Å². The lowest BCUT2D eigenvalue weighted by molar-refractivity contribution is -0.120. The Bertz CT molecular complexity index is 630. The predicted molar refractivity (Wildman–Crippen MR) is 87.1 cm³/mol. The Hall–Kier alpha value is -2.56. The van der Waals surface area contributed by atoms with E-state index in [2.05, 4.69) is 17.5 Å². The third-order valence-electron chi connectivity index (χ3n) is 3.15. The van der Waals surface area contributed by atoms with Gasteiger partial charge in [0.05, 0.1) is 19.2 Å². The van der Waals surface area contributed by atoms with Gasteiger partial charge in [0.2, 0.25) is 5.91 Å². The fourth-order valence-electron chi connectivity index (χ4n) is 1.93. The minimum atomic E-state index is -0.138. The number of nitrogens with zero attached hydrogens (tertiary/aromatic N) is 2. The number of nitrogens with one attached hydrogen (secondary N) is 1. The Labute approximate surface area is 130 Å². The highest BCUT2D eigenvalue weighted by Gasteiger charge is 2.04. The molecule has 1 aromatic heterocycles. The molecule has 1 heterocycles. The van der Waals surface area contributed by atoms with Gasteiger partial charge in [0.15, 0.2) is 0 Å². The molecule has 0 unspecified atom stereocenters. The number of amides is 1. The Morgan fingerprint density at radius 2 is 2.09 bits per heavy atom. The summed E-state index contributed by atoms with van der Waals surface area (Å²) in [5.74, 6) is 0.702. The number of carbonyl (C=O) groups is 1. The van der Waals surface area contributed by atoms with E-state index in [0.717, 1.165) is 23.4 Å². The fraction of sp³-hybridized carbons (Fsp3) is 0.294. The van der Waals surface area contributed by atoms with Crippen molar-refractivity contribution >= 4 is 12.1 Å². The lowest BCUT2D eigenvalue weighted by atomic mass is 10.2. The second kappa shape index (κ2) is 8.02. The van der Waals surface area contributed by atoms with Crippen LogP contribution in [0.25, 0.3) is 0 Å². The van der Waals surface area contributed by atoms with Crippen LogP contribution in [-0.2, 0) is 18.3 Å². The average molecular weight is 299 g/mol. The van der Waals surface area contributed by atoms with Crippen molar-refractivity contribution in [1.82, 2.24) is 9.99 Å². The van der Waals surface area contributed by atoms with Gasteiger partial charge in [-0.2, -0.15) is 5.10 Å². The van der Waals surface area contributed by atoms with Crippen molar-refractivity contribution in [2.45, 2.75) is 19.8 Å². The molecule has 0 aliphatic heterocycles. The van der Waals surface area contributed by atoms with Crippen molar-refractivity contribution in [3.05, 3.63) is 53.9 Å². The van der Waals surface area contributed by atoms with Gasteiger partial charge >= 0.3 is 0 Å². The van der Waals surface area contributed by atoms with Crippen LogP contribution in [0.4, 0.5) is 0 Å². The normalized spacial score (nSPS) is 10.8. The smallest absolute Gasteiger partial charge is 0.245 e. The topological polar surface area (TPSA) is 55.6 Å². The minimum absolute atomic E-state index is 0.138. The van der Waals surface area contributed by atoms with E-state index in [1.807, 2.05) is 54.2 Å². The maximum atomic E-state index is 11.8. The van der Waals surface area contributed by atoms with Crippen molar-refractivity contribution in [3.8, 4) is 5.75 Å². The third kappa shape index (κ3) is 4.77. The van der Waals surface area contributed by atoms with E-state index in [4.69, 9.17) is 4.74 Å². The summed E-state index contributed by atoms with van der Waals surface area (Å²) < 4.78 is 7.42. The molecule has 0 saturated carbocycles. The van der Waals surface area contributed by atoms with Crippen LogP contribution in [-0.4, -0.2) is 23.3 Å². The maximum absolute atomic E-state index is 11.8. The molecular weight excluding hydrogens is 278 g/mol. The number of carbonyl (C=O) groups excluding carboxylic acids is 1. The van der Waals surface area contributed by atoms with Crippen LogP contribution in [0.3, 0.4) is 0 Å². The zero-order chi connectivity index (χ0) is 15.8. The van der Waals surface area contributed by atoms with Gasteiger partial charge in [0.1, 0.15) is 5.75 Å². The molecular formula is C17H21N3O2. The molecule has 0 spiro atoms. The maximum Gasteiger partial charge on any atom is 0.245 e. The van der Waals surface area contributed by atoms with Crippen LogP contribution in [0, 0.1) is 0 Å². The number of ether oxygens (including phenoxy) is 1. The van der Waals surface area contributed by atoms with Gasteiger partial charge in [0, 0.05) is 18.9 Å². The predicted octanol–water partition coefficient (Wildman–Crippen LogP) is 2.51. The molecule has 0 bridgehead atoms. The Morgan fingerprint density at radius 1 is 1.32 bits per heavy atom. The zero-order valence-electron chi connectivity index (χ0n) is 13.0. The summed E-state index contributed by atoms with van der Waals surface area (Å²) in [6, 6.07) is 11.4. The highest BCUT2D eigenvalue weighted by atomic mass is 16.5. The summed E-state index contributed by atoms with van der Waals surface area (Å²) in [6.07, 6.45) is 4.82. The van der Waals surface area contributed by atoms with E-state index in [0.29, 0.717) is 13.0 Å². The van der Waals surface area contributed by atoms with Crippen molar-refractivity contribution in [3.63, 3.8) is 0 Å². The van der Waals surface area contributed by atoms with Gasteiger partial charge in [-0.15, -0.1) is 0 Å². The summed E-state index contributed by atoms with van der Waals surface area (Å²) in [5, 5.41) is 3.97. The minimum Gasteiger partial charge on any atom is -0.494 e. The van der Waals surface area contributed by atoms with Crippen LogP contribution in [0.5, 0.6) is 5.75 Å². The number of hydrogen-bond acceptors (Lipinski definition) is 3. The van der Waals surface area contributed by atoms with Crippen molar-refractivity contribution < 1.29 is 9.53 Å². The number of hydrogen-bond donors (Lipinski definition) is 1. The quantitative estimate of drug-likeness (QED) is 0.631. The molecule has 5 nitrogen and oxygen atoms in total. The Balaban J connectivity index is 1.81. The van der Waals surface area contributed by atoms with Gasteiger partial charge in [-0.1, -0.05) is 6.92 Å². The largest absolute Gasteiger partial charge is 0.494 e. The number of benzene rings is 1. The van der Waals surface area contributed by atoms with E-state index < -0.39 is 0 Å². The third-order valence-corrected chi connectivity index (χ3v) is 3.15. The van der Waals surface area contributed by atoms with E-state index in [1.54, 1.807) is 6.21 Å². The van der Waals surface area contributed by atoms with Gasteiger partial charge in [-0.05, 0) is 48.4 Å². The number of aryl methyl sites for hydroxylation is 1. The average Bonchev–Trinajstić information content (AvgIpc) is 2.91. The molecule has 2 rings (SSSR count). The van der Waals surface area contributed by atoms with Crippen LogP contribution < -0.4 is 10.2 Å².